The fourth-order valence-electron chi connectivity index (χ4n) is 0.936. The Morgan fingerprint density at radius 1 is 1.43 bits per heavy atom. The van der Waals surface area contributed by atoms with E-state index in [2.05, 4.69) is 4.98 Å². The number of carbonyl (C=O) groups is 1. The molecule has 0 aromatic carbocycles. The number of nitrogens with two attached hydrogens (primary N) is 1. The van der Waals surface area contributed by atoms with Crippen molar-refractivity contribution in [2.45, 2.75) is 13.1 Å². The number of rotatable bonds is 1. The minimum Gasteiger partial charge on any atom is -0.364 e. The highest BCUT2D eigenvalue weighted by atomic mass is 19.4. The van der Waals surface area contributed by atoms with Crippen LogP contribution in [0.1, 0.15) is 21.7 Å². The molecule has 0 bridgehead atoms. The van der Waals surface area contributed by atoms with E-state index >= 15 is 0 Å². The molecule has 1 aromatic heterocycles. The molecule has 3 nitrogen and oxygen atoms in total. The molecule has 1 rings (SSSR count). The normalized spacial score (nSPS) is 11.4. The summed E-state index contributed by atoms with van der Waals surface area (Å²) in [5.74, 6) is -0.964. The highest BCUT2D eigenvalue weighted by Crippen LogP contribution is 2.27. The Morgan fingerprint density at radius 3 is 2.43 bits per heavy atom. The third-order valence-electron chi connectivity index (χ3n) is 1.62. The summed E-state index contributed by atoms with van der Waals surface area (Å²) in [6.45, 7) is 1.47. The van der Waals surface area contributed by atoms with E-state index in [1.807, 2.05) is 0 Å². The number of primary amides is 1. The monoisotopic (exact) mass is 204 g/mol. The topological polar surface area (TPSA) is 56.0 Å². The number of hydrogen-bond donors (Lipinski definition) is 1. The maximum Gasteiger partial charge on any atom is 0.433 e. The van der Waals surface area contributed by atoms with Crippen LogP contribution in [0.3, 0.4) is 0 Å². The van der Waals surface area contributed by atoms with Crippen LogP contribution < -0.4 is 5.73 Å². The molecular weight excluding hydrogens is 197 g/mol. The number of halogens is 3. The lowest BCUT2D eigenvalue weighted by molar-refractivity contribution is -0.141. The quantitative estimate of drug-likeness (QED) is 0.753. The van der Waals surface area contributed by atoms with E-state index in [1.165, 1.54) is 6.92 Å². The molecule has 0 radical (unpaired) electrons. The van der Waals surface area contributed by atoms with E-state index in [0.717, 1.165) is 12.1 Å². The maximum atomic E-state index is 12.1. The predicted molar refractivity (Wildman–Crippen MR) is 42.5 cm³/mol. The SMILES string of the molecule is Cc1ccc(C(F)(F)F)nc1C(N)=O. The van der Waals surface area contributed by atoms with Crippen LogP contribution in [0.5, 0.6) is 0 Å². The molecule has 6 heteroatoms. The van der Waals surface area contributed by atoms with Gasteiger partial charge >= 0.3 is 6.18 Å². The van der Waals surface area contributed by atoms with E-state index in [9.17, 15) is 18.0 Å². The summed E-state index contributed by atoms with van der Waals surface area (Å²) >= 11 is 0. The summed E-state index contributed by atoms with van der Waals surface area (Å²) in [7, 11) is 0. The Balaban J connectivity index is 3.27. The van der Waals surface area contributed by atoms with Gasteiger partial charge in [0, 0.05) is 0 Å². The number of amides is 1. The van der Waals surface area contributed by atoms with Crippen molar-refractivity contribution in [2.75, 3.05) is 0 Å². The molecule has 0 saturated carbocycles. The lowest BCUT2D eigenvalue weighted by Crippen LogP contribution is -2.18. The van der Waals surface area contributed by atoms with Crippen molar-refractivity contribution in [3.8, 4) is 0 Å². The molecule has 0 unspecified atom stereocenters. The minimum atomic E-state index is -4.56. The van der Waals surface area contributed by atoms with Crippen molar-refractivity contribution in [3.63, 3.8) is 0 Å². The molecule has 0 saturated heterocycles. The van der Waals surface area contributed by atoms with Crippen LogP contribution in [0.25, 0.3) is 0 Å². The smallest absolute Gasteiger partial charge is 0.364 e. The number of carbonyl (C=O) groups excluding carboxylic acids is 1. The Bertz CT molecular complexity index is 373. The summed E-state index contributed by atoms with van der Waals surface area (Å²) in [6, 6.07) is 1.97. The van der Waals surface area contributed by atoms with Gasteiger partial charge in [0.05, 0.1) is 0 Å². The van der Waals surface area contributed by atoms with Gasteiger partial charge in [-0.05, 0) is 18.6 Å². The third-order valence-corrected chi connectivity index (χ3v) is 1.62. The minimum absolute atomic E-state index is 0.325. The second-order valence-corrected chi connectivity index (χ2v) is 2.72. The van der Waals surface area contributed by atoms with Crippen LogP contribution >= 0.6 is 0 Å². The van der Waals surface area contributed by atoms with Gasteiger partial charge in [0.15, 0.2) is 0 Å². The first-order valence-electron chi connectivity index (χ1n) is 3.67. The van der Waals surface area contributed by atoms with Gasteiger partial charge < -0.3 is 5.73 Å². The second kappa shape index (κ2) is 3.28. The van der Waals surface area contributed by atoms with Gasteiger partial charge in [-0.2, -0.15) is 13.2 Å². The molecule has 2 N–H and O–H groups in total. The molecule has 0 aliphatic rings. The molecule has 1 aromatic rings. The maximum absolute atomic E-state index is 12.1. The molecule has 0 atom stereocenters. The molecule has 0 spiro atoms. The Kier molecular flexibility index (Phi) is 2.46. The highest BCUT2D eigenvalue weighted by molar-refractivity contribution is 5.92. The number of aryl methyl sites for hydroxylation is 1. The number of aromatic nitrogens is 1. The van der Waals surface area contributed by atoms with Crippen molar-refractivity contribution >= 4 is 5.91 Å². The van der Waals surface area contributed by atoms with Crippen molar-refractivity contribution in [2.24, 2.45) is 5.73 Å². The highest BCUT2D eigenvalue weighted by Gasteiger charge is 2.33. The Hall–Kier alpha value is -1.59. The summed E-state index contributed by atoms with van der Waals surface area (Å²) in [6.07, 6.45) is -4.56. The Labute approximate surface area is 77.7 Å². The van der Waals surface area contributed by atoms with Crippen molar-refractivity contribution in [1.29, 1.82) is 0 Å². The Morgan fingerprint density at radius 2 is 2.00 bits per heavy atom. The standard InChI is InChI=1S/C8H7F3N2O/c1-4-2-3-5(8(9,10)11)13-6(4)7(12)14/h2-3H,1H3,(H2,12,14). The number of pyridine rings is 1. The predicted octanol–water partition coefficient (Wildman–Crippen LogP) is 1.51. The van der Waals surface area contributed by atoms with Gasteiger partial charge in [-0.15, -0.1) is 0 Å². The van der Waals surface area contributed by atoms with Gasteiger partial charge in [-0.1, -0.05) is 6.07 Å². The van der Waals surface area contributed by atoms with Crippen LogP contribution in [-0.4, -0.2) is 10.9 Å². The van der Waals surface area contributed by atoms with Crippen LogP contribution in [0.4, 0.5) is 13.2 Å². The number of nitrogens with zero attached hydrogens (tertiary/aromatic N) is 1. The first-order valence-corrected chi connectivity index (χ1v) is 3.67. The zero-order valence-corrected chi connectivity index (χ0v) is 7.22. The summed E-state index contributed by atoms with van der Waals surface area (Å²) < 4.78 is 36.4. The van der Waals surface area contributed by atoms with Crippen LogP contribution in [-0.2, 0) is 6.18 Å². The number of alkyl halides is 3. The average molecular weight is 204 g/mol. The fourth-order valence-corrected chi connectivity index (χ4v) is 0.936. The summed E-state index contributed by atoms with van der Waals surface area (Å²) in [5.41, 5.74) is 3.72. The second-order valence-electron chi connectivity index (χ2n) is 2.72. The van der Waals surface area contributed by atoms with Gasteiger partial charge in [0.1, 0.15) is 11.4 Å². The summed E-state index contributed by atoms with van der Waals surface area (Å²) in [5, 5.41) is 0. The van der Waals surface area contributed by atoms with E-state index in [-0.39, 0.29) is 5.69 Å². The zero-order valence-electron chi connectivity index (χ0n) is 7.22. The van der Waals surface area contributed by atoms with E-state index < -0.39 is 17.8 Å². The molecular formula is C8H7F3N2O. The summed E-state index contributed by atoms with van der Waals surface area (Å²) in [4.78, 5) is 13.8. The molecule has 1 heterocycles. The third kappa shape index (κ3) is 2.01. The first kappa shape index (κ1) is 10.5. The first-order chi connectivity index (χ1) is 6.32. The van der Waals surface area contributed by atoms with Crippen LogP contribution in [0, 0.1) is 6.92 Å². The molecule has 0 fully saturated rings. The van der Waals surface area contributed by atoms with Gasteiger partial charge in [0.2, 0.25) is 0 Å². The van der Waals surface area contributed by atoms with E-state index in [1.54, 1.807) is 0 Å². The lowest BCUT2D eigenvalue weighted by Gasteiger charge is -2.07. The van der Waals surface area contributed by atoms with Gasteiger partial charge in [-0.25, -0.2) is 4.98 Å². The molecule has 14 heavy (non-hydrogen) atoms. The molecule has 0 aliphatic carbocycles. The van der Waals surface area contributed by atoms with Crippen molar-refractivity contribution < 1.29 is 18.0 Å². The average Bonchev–Trinajstić information content (AvgIpc) is 2.02. The molecule has 1 amide bonds. The van der Waals surface area contributed by atoms with Crippen LogP contribution in [0.15, 0.2) is 12.1 Å². The lowest BCUT2D eigenvalue weighted by atomic mass is 10.2. The van der Waals surface area contributed by atoms with Gasteiger partial charge in [0.25, 0.3) is 5.91 Å². The molecule has 76 valence electrons. The van der Waals surface area contributed by atoms with Crippen LogP contribution in [0.2, 0.25) is 0 Å². The van der Waals surface area contributed by atoms with Gasteiger partial charge in [-0.3, -0.25) is 4.79 Å². The fraction of sp³-hybridized carbons (Fsp3) is 0.250. The zero-order chi connectivity index (χ0) is 10.9. The number of hydrogen-bond acceptors (Lipinski definition) is 2. The molecule has 0 aliphatic heterocycles. The largest absolute Gasteiger partial charge is 0.433 e. The van der Waals surface area contributed by atoms with Crippen molar-refractivity contribution in [1.82, 2.24) is 4.98 Å². The van der Waals surface area contributed by atoms with E-state index in [0.29, 0.717) is 5.56 Å². The van der Waals surface area contributed by atoms with E-state index in [4.69, 9.17) is 5.73 Å². The van der Waals surface area contributed by atoms with Crippen molar-refractivity contribution in [3.05, 3.63) is 29.1 Å².